The average molecular weight is 300 g/mol. The SMILES string of the molecule is COc1ccc(Cc2nc(C)n(C3CCN(C)CC3)n2)cc1. The van der Waals surface area contributed by atoms with E-state index in [4.69, 9.17) is 9.84 Å². The third kappa shape index (κ3) is 3.30. The Labute approximate surface area is 131 Å². The molecule has 1 saturated heterocycles. The molecule has 1 aliphatic rings. The Kier molecular flexibility index (Phi) is 4.43. The van der Waals surface area contributed by atoms with E-state index in [1.165, 1.54) is 5.56 Å². The van der Waals surface area contributed by atoms with Crippen molar-refractivity contribution in [1.82, 2.24) is 19.7 Å². The lowest BCUT2D eigenvalue weighted by Gasteiger charge is -2.29. The maximum absolute atomic E-state index is 5.19. The molecule has 5 heteroatoms. The summed E-state index contributed by atoms with van der Waals surface area (Å²) in [5.41, 5.74) is 1.21. The van der Waals surface area contributed by atoms with Gasteiger partial charge in [-0.05, 0) is 57.6 Å². The second kappa shape index (κ2) is 6.48. The van der Waals surface area contributed by atoms with Crippen LogP contribution in [-0.4, -0.2) is 46.9 Å². The van der Waals surface area contributed by atoms with Crippen LogP contribution in [0.3, 0.4) is 0 Å². The number of likely N-dealkylation sites (tertiary alicyclic amines) is 1. The monoisotopic (exact) mass is 300 g/mol. The molecule has 0 spiro atoms. The molecule has 0 radical (unpaired) electrons. The number of piperidine rings is 1. The summed E-state index contributed by atoms with van der Waals surface area (Å²) in [6, 6.07) is 8.61. The Hall–Kier alpha value is -1.88. The van der Waals surface area contributed by atoms with Gasteiger partial charge in [0.15, 0.2) is 5.82 Å². The summed E-state index contributed by atoms with van der Waals surface area (Å²) in [4.78, 5) is 7.03. The number of benzene rings is 1. The molecule has 1 aliphatic heterocycles. The zero-order chi connectivity index (χ0) is 15.5. The van der Waals surface area contributed by atoms with E-state index in [0.717, 1.165) is 49.8 Å². The average Bonchev–Trinajstić information content (AvgIpc) is 2.89. The molecular weight excluding hydrogens is 276 g/mol. The summed E-state index contributed by atoms with van der Waals surface area (Å²) >= 11 is 0. The minimum absolute atomic E-state index is 0.494. The van der Waals surface area contributed by atoms with Gasteiger partial charge in [-0.2, -0.15) is 5.10 Å². The van der Waals surface area contributed by atoms with Crippen molar-refractivity contribution in [2.24, 2.45) is 0 Å². The van der Waals surface area contributed by atoms with Gasteiger partial charge in [-0.1, -0.05) is 12.1 Å². The largest absolute Gasteiger partial charge is 0.497 e. The second-order valence-corrected chi connectivity index (χ2v) is 6.08. The second-order valence-electron chi connectivity index (χ2n) is 6.08. The van der Waals surface area contributed by atoms with Crippen LogP contribution >= 0.6 is 0 Å². The summed E-state index contributed by atoms with van der Waals surface area (Å²) in [6.07, 6.45) is 3.08. The van der Waals surface area contributed by atoms with Crippen molar-refractivity contribution in [2.45, 2.75) is 32.2 Å². The number of methoxy groups -OCH3 is 1. The fourth-order valence-electron chi connectivity index (χ4n) is 3.04. The molecular formula is C17H24N4O. The lowest BCUT2D eigenvalue weighted by Crippen LogP contribution is -2.32. The van der Waals surface area contributed by atoms with E-state index >= 15 is 0 Å². The van der Waals surface area contributed by atoms with Crippen molar-refractivity contribution in [3.63, 3.8) is 0 Å². The Morgan fingerprint density at radius 3 is 2.50 bits per heavy atom. The smallest absolute Gasteiger partial charge is 0.155 e. The van der Waals surface area contributed by atoms with Crippen LogP contribution in [0.5, 0.6) is 5.75 Å². The first-order chi connectivity index (χ1) is 10.7. The molecule has 3 rings (SSSR count). The van der Waals surface area contributed by atoms with Crippen molar-refractivity contribution in [3.8, 4) is 5.75 Å². The zero-order valence-electron chi connectivity index (χ0n) is 13.6. The molecule has 5 nitrogen and oxygen atoms in total. The molecule has 0 aliphatic carbocycles. The summed E-state index contributed by atoms with van der Waals surface area (Å²) in [5.74, 6) is 2.81. The quantitative estimate of drug-likeness (QED) is 0.870. The summed E-state index contributed by atoms with van der Waals surface area (Å²) in [6.45, 7) is 4.33. The van der Waals surface area contributed by atoms with Gasteiger partial charge in [-0.3, -0.25) is 0 Å². The zero-order valence-corrected chi connectivity index (χ0v) is 13.6. The van der Waals surface area contributed by atoms with Crippen LogP contribution in [0.2, 0.25) is 0 Å². The third-order valence-electron chi connectivity index (χ3n) is 4.40. The topological polar surface area (TPSA) is 43.2 Å². The molecule has 118 valence electrons. The predicted molar refractivity (Wildman–Crippen MR) is 86.3 cm³/mol. The normalized spacial score (nSPS) is 16.9. The lowest BCUT2D eigenvalue weighted by molar-refractivity contribution is 0.210. The van der Waals surface area contributed by atoms with Crippen LogP contribution < -0.4 is 4.74 Å². The van der Waals surface area contributed by atoms with Crippen LogP contribution in [0.25, 0.3) is 0 Å². The van der Waals surface area contributed by atoms with E-state index < -0.39 is 0 Å². The molecule has 1 aromatic heterocycles. The van der Waals surface area contributed by atoms with E-state index in [2.05, 4.69) is 40.7 Å². The van der Waals surface area contributed by atoms with Gasteiger partial charge in [0.25, 0.3) is 0 Å². The van der Waals surface area contributed by atoms with Gasteiger partial charge in [0.1, 0.15) is 11.6 Å². The highest BCUT2D eigenvalue weighted by molar-refractivity contribution is 5.28. The fraction of sp³-hybridized carbons (Fsp3) is 0.529. The van der Waals surface area contributed by atoms with Gasteiger partial charge in [-0.25, -0.2) is 9.67 Å². The van der Waals surface area contributed by atoms with Crippen LogP contribution in [0.4, 0.5) is 0 Å². The Morgan fingerprint density at radius 2 is 1.86 bits per heavy atom. The first-order valence-corrected chi connectivity index (χ1v) is 7.89. The lowest BCUT2D eigenvalue weighted by atomic mass is 10.1. The first-order valence-electron chi connectivity index (χ1n) is 7.89. The minimum atomic E-state index is 0.494. The van der Waals surface area contributed by atoms with E-state index in [1.54, 1.807) is 7.11 Å². The maximum Gasteiger partial charge on any atom is 0.155 e. The predicted octanol–water partition coefficient (Wildman–Crippen LogP) is 2.45. The molecule has 0 saturated carbocycles. The van der Waals surface area contributed by atoms with Crippen LogP contribution in [0.15, 0.2) is 24.3 Å². The van der Waals surface area contributed by atoms with Gasteiger partial charge < -0.3 is 9.64 Å². The van der Waals surface area contributed by atoms with Crippen molar-refractivity contribution in [2.75, 3.05) is 27.2 Å². The number of rotatable bonds is 4. The van der Waals surface area contributed by atoms with Crippen molar-refractivity contribution >= 4 is 0 Å². The molecule has 0 N–H and O–H groups in total. The van der Waals surface area contributed by atoms with Gasteiger partial charge >= 0.3 is 0 Å². The highest BCUT2D eigenvalue weighted by Gasteiger charge is 2.21. The Bertz CT molecular complexity index is 612. The highest BCUT2D eigenvalue weighted by Crippen LogP contribution is 2.22. The van der Waals surface area contributed by atoms with E-state index in [0.29, 0.717) is 6.04 Å². The summed E-state index contributed by atoms with van der Waals surface area (Å²) in [7, 11) is 3.86. The van der Waals surface area contributed by atoms with E-state index in [9.17, 15) is 0 Å². The highest BCUT2D eigenvalue weighted by atomic mass is 16.5. The molecule has 1 aromatic carbocycles. The molecule has 1 fully saturated rings. The first kappa shape index (κ1) is 15.0. The molecule has 0 atom stereocenters. The number of nitrogens with zero attached hydrogens (tertiary/aromatic N) is 4. The van der Waals surface area contributed by atoms with E-state index in [1.807, 2.05) is 12.1 Å². The van der Waals surface area contributed by atoms with E-state index in [-0.39, 0.29) is 0 Å². The number of aryl methyl sites for hydroxylation is 1. The van der Waals surface area contributed by atoms with Crippen molar-refractivity contribution in [3.05, 3.63) is 41.5 Å². The van der Waals surface area contributed by atoms with Gasteiger partial charge in [0, 0.05) is 6.42 Å². The molecule has 2 heterocycles. The van der Waals surface area contributed by atoms with Gasteiger partial charge in [0.05, 0.1) is 13.2 Å². The fourth-order valence-corrected chi connectivity index (χ4v) is 3.04. The Balaban J connectivity index is 1.71. The molecule has 2 aromatic rings. The number of hydrogen-bond donors (Lipinski definition) is 0. The van der Waals surface area contributed by atoms with Crippen LogP contribution in [0, 0.1) is 6.92 Å². The summed E-state index contributed by atoms with van der Waals surface area (Å²) < 4.78 is 7.32. The third-order valence-corrected chi connectivity index (χ3v) is 4.40. The number of aromatic nitrogens is 3. The van der Waals surface area contributed by atoms with Crippen molar-refractivity contribution < 1.29 is 4.74 Å². The van der Waals surface area contributed by atoms with Gasteiger partial charge in [-0.15, -0.1) is 0 Å². The van der Waals surface area contributed by atoms with Crippen LogP contribution in [-0.2, 0) is 6.42 Å². The van der Waals surface area contributed by atoms with Crippen molar-refractivity contribution in [1.29, 1.82) is 0 Å². The molecule has 0 bridgehead atoms. The minimum Gasteiger partial charge on any atom is -0.497 e. The standard InChI is InChI=1S/C17H24N4O/c1-13-18-17(12-14-4-6-16(22-3)7-5-14)19-21(13)15-8-10-20(2)11-9-15/h4-7,15H,8-12H2,1-3H3. The molecule has 22 heavy (non-hydrogen) atoms. The maximum atomic E-state index is 5.19. The summed E-state index contributed by atoms with van der Waals surface area (Å²) in [5, 5.41) is 4.75. The molecule has 0 unspecified atom stereocenters. The van der Waals surface area contributed by atoms with Crippen LogP contribution in [0.1, 0.15) is 36.1 Å². The molecule has 0 amide bonds. The number of hydrogen-bond acceptors (Lipinski definition) is 4. The number of ether oxygens (including phenoxy) is 1. The van der Waals surface area contributed by atoms with Gasteiger partial charge in [0.2, 0.25) is 0 Å². The Morgan fingerprint density at radius 1 is 1.18 bits per heavy atom.